The number of nitrogens with one attached hydrogen (secondary N) is 2. The number of hydrogen-bond acceptors (Lipinski definition) is 4. The van der Waals surface area contributed by atoms with E-state index in [-0.39, 0.29) is 22.6 Å². The first kappa shape index (κ1) is 19.9. The predicted octanol–water partition coefficient (Wildman–Crippen LogP) is 4.57. The van der Waals surface area contributed by atoms with E-state index in [0.717, 1.165) is 4.52 Å². The van der Waals surface area contributed by atoms with Crippen molar-refractivity contribution in [3.63, 3.8) is 0 Å². The van der Waals surface area contributed by atoms with Gasteiger partial charge in [0.25, 0.3) is 5.56 Å². The van der Waals surface area contributed by atoms with Crippen LogP contribution >= 0.6 is 0 Å². The second-order valence-electron chi connectivity index (χ2n) is 7.25. The lowest BCUT2D eigenvalue weighted by molar-refractivity contribution is -0.140. The molecule has 162 valence electrons. The Balaban J connectivity index is 1.80. The summed E-state index contributed by atoms with van der Waals surface area (Å²) in [6.07, 6.45) is -4.75. The van der Waals surface area contributed by atoms with E-state index in [9.17, 15) is 18.0 Å². The van der Waals surface area contributed by atoms with Gasteiger partial charge in [-0.25, -0.2) is 4.98 Å². The molecule has 10 heteroatoms. The van der Waals surface area contributed by atoms with Crippen molar-refractivity contribution in [2.45, 2.75) is 13.1 Å². The molecule has 32 heavy (non-hydrogen) atoms. The number of halogens is 3. The van der Waals surface area contributed by atoms with Crippen molar-refractivity contribution in [2.24, 2.45) is 0 Å². The van der Waals surface area contributed by atoms with Gasteiger partial charge in [-0.15, -0.1) is 0 Å². The van der Waals surface area contributed by atoms with Crippen LogP contribution in [0.15, 0.2) is 53.3 Å². The summed E-state index contributed by atoms with van der Waals surface area (Å²) in [6, 6.07) is 13.2. The summed E-state index contributed by atoms with van der Waals surface area (Å²) in [6.45, 7) is 1.61. The molecule has 5 rings (SSSR count). The molecule has 0 aliphatic rings. The number of benzene rings is 2. The van der Waals surface area contributed by atoms with Gasteiger partial charge in [-0.3, -0.25) is 4.79 Å². The highest BCUT2D eigenvalue weighted by atomic mass is 19.4. The summed E-state index contributed by atoms with van der Waals surface area (Å²) in [5, 5.41) is 3.65. The van der Waals surface area contributed by atoms with Crippen LogP contribution in [0.2, 0.25) is 0 Å². The summed E-state index contributed by atoms with van der Waals surface area (Å²) in [4.78, 5) is 23.7. The fourth-order valence-electron chi connectivity index (χ4n) is 3.77. The normalized spacial score (nSPS) is 12.0. The summed E-state index contributed by atoms with van der Waals surface area (Å²) in [5.74, 6) is 0.810. The van der Waals surface area contributed by atoms with E-state index in [4.69, 9.17) is 4.74 Å². The zero-order chi connectivity index (χ0) is 22.6. The van der Waals surface area contributed by atoms with Gasteiger partial charge in [0, 0.05) is 11.8 Å². The largest absolute Gasteiger partial charge is 0.497 e. The van der Waals surface area contributed by atoms with E-state index in [2.05, 4.69) is 20.1 Å². The Kier molecular flexibility index (Phi) is 4.33. The molecule has 0 atom stereocenters. The number of aryl methyl sites for hydroxylation is 1. The van der Waals surface area contributed by atoms with Crippen LogP contribution in [0, 0.1) is 6.92 Å². The van der Waals surface area contributed by atoms with Crippen molar-refractivity contribution < 1.29 is 17.9 Å². The molecular weight excluding hydrogens is 423 g/mol. The van der Waals surface area contributed by atoms with Crippen LogP contribution in [0.3, 0.4) is 0 Å². The molecule has 3 aromatic heterocycles. The number of fused-ring (bicyclic) bond motifs is 2. The third-order valence-corrected chi connectivity index (χ3v) is 5.23. The predicted molar refractivity (Wildman–Crippen MR) is 113 cm³/mol. The van der Waals surface area contributed by atoms with Gasteiger partial charge in [-0.2, -0.15) is 22.8 Å². The topological polar surface area (TPSA) is 88.1 Å². The van der Waals surface area contributed by atoms with Crippen molar-refractivity contribution in [1.29, 1.82) is 0 Å². The maximum absolute atomic E-state index is 13.8. The summed E-state index contributed by atoms with van der Waals surface area (Å²) < 4.78 is 47.4. The number of aromatic nitrogens is 5. The zero-order valence-electron chi connectivity index (χ0n) is 16.9. The van der Waals surface area contributed by atoms with E-state index in [1.165, 1.54) is 7.11 Å². The standard InChI is InChI=1S/C22H16F3N5O2/c1-11-16(19-27-14-9-8-13(32-2)10-15(14)28-19)21(31)30-20(26-11)17(12-6-4-3-5-7-12)18(29-30)22(23,24)25/h3-10,26H,1-2H3,(H,27,28). The van der Waals surface area contributed by atoms with Gasteiger partial charge < -0.3 is 14.7 Å². The lowest BCUT2D eigenvalue weighted by atomic mass is 10.1. The number of nitrogens with zero attached hydrogens (tertiary/aromatic N) is 3. The second-order valence-corrected chi connectivity index (χ2v) is 7.25. The molecule has 2 N–H and O–H groups in total. The Morgan fingerprint density at radius 2 is 1.78 bits per heavy atom. The fraction of sp³-hybridized carbons (Fsp3) is 0.136. The number of hydrogen-bond donors (Lipinski definition) is 2. The molecule has 0 amide bonds. The van der Waals surface area contributed by atoms with Crippen LogP contribution in [-0.4, -0.2) is 31.7 Å². The van der Waals surface area contributed by atoms with Gasteiger partial charge in [-0.05, 0) is 24.6 Å². The van der Waals surface area contributed by atoms with Crippen LogP contribution in [-0.2, 0) is 6.18 Å². The van der Waals surface area contributed by atoms with Crippen molar-refractivity contribution in [2.75, 3.05) is 7.11 Å². The highest BCUT2D eigenvalue weighted by Crippen LogP contribution is 2.38. The minimum Gasteiger partial charge on any atom is -0.497 e. The Hall–Kier alpha value is -4.08. The molecule has 0 aliphatic carbocycles. The Morgan fingerprint density at radius 1 is 1.03 bits per heavy atom. The summed E-state index contributed by atoms with van der Waals surface area (Å²) in [7, 11) is 1.53. The first-order chi connectivity index (χ1) is 15.3. The van der Waals surface area contributed by atoms with Crippen LogP contribution in [0.4, 0.5) is 13.2 Å². The molecule has 0 unspecified atom stereocenters. The number of H-pyrrole nitrogens is 2. The molecule has 0 fully saturated rings. The van der Waals surface area contributed by atoms with Crippen LogP contribution in [0.25, 0.3) is 39.2 Å². The minimum atomic E-state index is -4.75. The van der Waals surface area contributed by atoms with Crippen LogP contribution < -0.4 is 10.3 Å². The Bertz CT molecular complexity index is 1530. The molecule has 0 bridgehead atoms. The van der Waals surface area contributed by atoms with Gasteiger partial charge in [0.15, 0.2) is 5.69 Å². The first-order valence-corrected chi connectivity index (χ1v) is 9.60. The van der Waals surface area contributed by atoms with Gasteiger partial charge in [0.05, 0.1) is 23.7 Å². The van der Waals surface area contributed by atoms with E-state index in [1.807, 2.05) is 0 Å². The highest BCUT2D eigenvalue weighted by molar-refractivity contribution is 5.83. The third kappa shape index (κ3) is 3.03. The van der Waals surface area contributed by atoms with E-state index < -0.39 is 17.4 Å². The first-order valence-electron chi connectivity index (χ1n) is 9.60. The number of aromatic amines is 2. The molecule has 0 radical (unpaired) electrons. The number of rotatable bonds is 3. The van der Waals surface area contributed by atoms with Crippen molar-refractivity contribution in [1.82, 2.24) is 24.6 Å². The second kappa shape index (κ2) is 6.98. The van der Waals surface area contributed by atoms with Crippen LogP contribution in [0.5, 0.6) is 5.75 Å². The van der Waals surface area contributed by atoms with E-state index in [1.54, 1.807) is 55.5 Å². The Labute approximate surface area is 178 Å². The van der Waals surface area contributed by atoms with Crippen LogP contribution in [0.1, 0.15) is 11.4 Å². The molecule has 0 spiro atoms. The van der Waals surface area contributed by atoms with Gasteiger partial charge in [0.2, 0.25) is 0 Å². The smallest absolute Gasteiger partial charge is 0.435 e. The minimum absolute atomic E-state index is 0.0347. The molecule has 3 heterocycles. The molecule has 5 aromatic rings. The highest BCUT2D eigenvalue weighted by Gasteiger charge is 2.39. The molecule has 7 nitrogen and oxygen atoms in total. The number of alkyl halides is 3. The van der Waals surface area contributed by atoms with Crippen molar-refractivity contribution in [3.8, 4) is 28.3 Å². The van der Waals surface area contributed by atoms with Crippen molar-refractivity contribution in [3.05, 3.63) is 70.3 Å². The number of methoxy groups -OCH3 is 1. The molecule has 0 aliphatic heterocycles. The summed E-state index contributed by atoms with van der Waals surface area (Å²) >= 11 is 0. The monoisotopic (exact) mass is 439 g/mol. The van der Waals surface area contributed by atoms with Gasteiger partial charge in [-0.1, -0.05) is 30.3 Å². The molecule has 0 saturated heterocycles. The lowest BCUT2D eigenvalue weighted by Crippen LogP contribution is -2.20. The molecular formula is C22H16F3N5O2. The number of ether oxygens (including phenoxy) is 1. The Morgan fingerprint density at radius 3 is 2.47 bits per heavy atom. The fourth-order valence-corrected chi connectivity index (χ4v) is 3.77. The summed E-state index contributed by atoms with van der Waals surface area (Å²) in [5.41, 5.74) is -0.0956. The number of imidazole rings is 1. The lowest BCUT2D eigenvalue weighted by Gasteiger charge is -2.07. The quantitative estimate of drug-likeness (QED) is 0.431. The third-order valence-electron chi connectivity index (χ3n) is 5.23. The SMILES string of the molecule is COc1ccc2[nH]c(-c3c(C)[nH]c4c(-c5ccccc5)c(C(F)(F)F)nn4c3=O)nc2c1. The average molecular weight is 439 g/mol. The van der Waals surface area contributed by atoms with E-state index in [0.29, 0.717) is 28.0 Å². The average Bonchev–Trinajstić information content (AvgIpc) is 3.35. The maximum atomic E-state index is 13.8. The maximum Gasteiger partial charge on any atom is 0.435 e. The van der Waals surface area contributed by atoms with E-state index >= 15 is 0 Å². The van der Waals surface area contributed by atoms with Gasteiger partial charge >= 0.3 is 6.18 Å². The molecule has 2 aromatic carbocycles. The zero-order valence-corrected chi connectivity index (χ0v) is 16.9. The van der Waals surface area contributed by atoms with Gasteiger partial charge in [0.1, 0.15) is 22.8 Å². The van der Waals surface area contributed by atoms with Crippen molar-refractivity contribution >= 4 is 16.7 Å². The molecule has 0 saturated carbocycles.